The number of hydrogen-bond donors (Lipinski definition) is 0. The molecule has 6 nitrogen and oxygen atoms in total. The van der Waals surface area contributed by atoms with Gasteiger partial charge in [-0.2, -0.15) is 0 Å². The Labute approximate surface area is 390 Å². The molecule has 0 saturated heterocycles. The standard InChI is InChI=1S/C57H102O6/c1-4-7-10-13-16-19-22-25-27-28-29-31-32-35-38-41-44-47-50-56(59)62-53-54(52-61-55(58)49-46-43-40-37-34-24-21-18-15-12-9-6-3)63-57(60)51-48-45-42-39-36-33-30-26-23-20-17-14-11-8-5-2/h17-18,20-21,23,26,29,31,54H,4-16,19,22,24-25,27-28,30,32-53H2,1-3H3/b20-17-,21-18-,26-23-,31-29-. The number of carbonyl (C=O) groups is 3. The fourth-order valence-corrected chi connectivity index (χ4v) is 7.66. The highest BCUT2D eigenvalue weighted by atomic mass is 16.6. The van der Waals surface area contributed by atoms with Crippen LogP contribution in [0, 0.1) is 0 Å². The molecule has 0 aliphatic rings. The number of allylic oxidation sites excluding steroid dienone is 8. The Morgan fingerprint density at radius 2 is 0.571 bits per heavy atom. The predicted octanol–water partition coefficient (Wildman–Crippen LogP) is 17.9. The summed E-state index contributed by atoms with van der Waals surface area (Å²) < 4.78 is 16.8. The summed E-state index contributed by atoms with van der Waals surface area (Å²) in [7, 11) is 0. The van der Waals surface area contributed by atoms with Gasteiger partial charge in [0.05, 0.1) is 0 Å². The topological polar surface area (TPSA) is 78.9 Å². The number of ether oxygens (including phenoxy) is 3. The zero-order valence-electron chi connectivity index (χ0n) is 41.8. The van der Waals surface area contributed by atoms with Gasteiger partial charge >= 0.3 is 17.9 Å². The number of esters is 3. The summed E-state index contributed by atoms with van der Waals surface area (Å²) in [6.07, 6.45) is 62.4. The van der Waals surface area contributed by atoms with Crippen LogP contribution in [0.4, 0.5) is 0 Å². The van der Waals surface area contributed by atoms with Crippen molar-refractivity contribution in [2.75, 3.05) is 13.2 Å². The third-order valence-electron chi connectivity index (χ3n) is 11.8. The van der Waals surface area contributed by atoms with E-state index in [-0.39, 0.29) is 31.1 Å². The van der Waals surface area contributed by atoms with Crippen LogP contribution in [0.15, 0.2) is 48.6 Å². The van der Waals surface area contributed by atoms with Gasteiger partial charge in [0.2, 0.25) is 0 Å². The SMILES string of the molecule is CCCCC/C=C\C=C/CCCCCCCCC(=O)OC(COC(=O)CCCCCCC/C=C\CCCCC)COC(=O)CCCCCCC/C=C\CCCCCCCCCCC. The predicted molar refractivity (Wildman–Crippen MR) is 270 cm³/mol. The summed E-state index contributed by atoms with van der Waals surface area (Å²) in [6, 6.07) is 0. The summed E-state index contributed by atoms with van der Waals surface area (Å²) >= 11 is 0. The normalized spacial score (nSPS) is 12.4. The van der Waals surface area contributed by atoms with Gasteiger partial charge in [0.15, 0.2) is 6.10 Å². The summed E-state index contributed by atoms with van der Waals surface area (Å²) in [5.74, 6) is -0.904. The molecule has 0 saturated carbocycles. The van der Waals surface area contributed by atoms with E-state index in [1.54, 1.807) is 0 Å². The van der Waals surface area contributed by atoms with Crippen LogP contribution in [0.5, 0.6) is 0 Å². The summed E-state index contributed by atoms with van der Waals surface area (Å²) in [6.45, 7) is 6.58. The van der Waals surface area contributed by atoms with Gasteiger partial charge in [-0.1, -0.05) is 211 Å². The van der Waals surface area contributed by atoms with Crippen LogP contribution in [-0.4, -0.2) is 37.2 Å². The molecule has 0 fully saturated rings. The molecule has 0 bridgehead atoms. The third-order valence-corrected chi connectivity index (χ3v) is 11.8. The van der Waals surface area contributed by atoms with Crippen LogP contribution in [-0.2, 0) is 28.6 Å². The molecule has 0 aromatic carbocycles. The molecule has 0 aromatic rings. The molecule has 1 atom stereocenters. The molecule has 0 aromatic heterocycles. The van der Waals surface area contributed by atoms with Gasteiger partial charge in [0, 0.05) is 19.3 Å². The van der Waals surface area contributed by atoms with E-state index in [0.29, 0.717) is 19.3 Å². The Balaban J connectivity index is 4.38. The average molecular weight is 883 g/mol. The number of unbranched alkanes of at least 4 members (excludes halogenated alkanes) is 31. The van der Waals surface area contributed by atoms with E-state index in [9.17, 15) is 14.4 Å². The molecule has 366 valence electrons. The lowest BCUT2D eigenvalue weighted by molar-refractivity contribution is -0.167. The van der Waals surface area contributed by atoms with Crippen LogP contribution in [0.3, 0.4) is 0 Å². The number of carbonyl (C=O) groups excluding carboxylic acids is 3. The minimum Gasteiger partial charge on any atom is -0.462 e. The number of hydrogen-bond acceptors (Lipinski definition) is 6. The monoisotopic (exact) mass is 883 g/mol. The lowest BCUT2D eigenvalue weighted by atomic mass is 10.1. The minimum absolute atomic E-state index is 0.0839. The summed E-state index contributed by atoms with van der Waals surface area (Å²) in [5.41, 5.74) is 0. The highest BCUT2D eigenvalue weighted by molar-refractivity contribution is 5.71. The van der Waals surface area contributed by atoms with Gasteiger partial charge < -0.3 is 14.2 Å². The van der Waals surface area contributed by atoms with Crippen molar-refractivity contribution >= 4 is 17.9 Å². The molecule has 0 rings (SSSR count). The molecule has 1 unspecified atom stereocenters. The molecule has 0 amide bonds. The number of rotatable bonds is 49. The molecular weight excluding hydrogens is 781 g/mol. The fraction of sp³-hybridized carbons (Fsp3) is 0.807. The summed E-state index contributed by atoms with van der Waals surface area (Å²) in [5, 5.41) is 0. The van der Waals surface area contributed by atoms with Crippen molar-refractivity contribution in [2.45, 2.75) is 284 Å². The van der Waals surface area contributed by atoms with Crippen LogP contribution in [0.1, 0.15) is 278 Å². The Morgan fingerprint density at radius 1 is 0.317 bits per heavy atom. The van der Waals surface area contributed by atoms with Crippen molar-refractivity contribution in [1.29, 1.82) is 0 Å². The maximum atomic E-state index is 12.8. The van der Waals surface area contributed by atoms with Crippen molar-refractivity contribution < 1.29 is 28.6 Å². The van der Waals surface area contributed by atoms with Gasteiger partial charge in [0.25, 0.3) is 0 Å². The maximum absolute atomic E-state index is 12.8. The van der Waals surface area contributed by atoms with E-state index in [2.05, 4.69) is 69.4 Å². The molecular formula is C57H102O6. The Hall–Kier alpha value is -2.63. The van der Waals surface area contributed by atoms with Gasteiger partial charge in [-0.25, -0.2) is 0 Å². The molecule has 63 heavy (non-hydrogen) atoms. The summed E-state index contributed by atoms with van der Waals surface area (Å²) in [4.78, 5) is 38.0. The lowest BCUT2D eigenvalue weighted by Gasteiger charge is -2.18. The first-order valence-electron chi connectivity index (χ1n) is 27.2. The highest BCUT2D eigenvalue weighted by Crippen LogP contribution is 2.15. The minimum atomic E-state index is -0.784. The van der Waals surface area contributed by atoms with Gasteiger partial charge in [-0.15, -0.1) is 0 Å². The second kappa shape index (κ2) is 52.0. The van der Waals surface area contributed by atoms with Crippen molar-refractivity contribution in [3.8, 4) is 0 Å². The molecule has 6 heteroatoms. The van der Waals surface area contributed by atoms with E-state index in [1.165, 1.54) is 154 Å². The molecule has 0 radical (unpaired) electrons. The first-order valence-corrected chi connectivity index (χ1v) is 27.2. The Kier molecular flexibility index (Phi) is 49.8. The van der Waals surface area contributed by atoms with Crippen molar-refractivity contribution in [1.82, 2.24) is 0 Å². The highest BCUT2D eigenvalue weighted by Gasteiger charge is 2.19. The van der Waals surface area contributed by atoms with Crippen molar-refractivity contribution in [3.63, 3.8) is 0 Å². The van der Waals surface area contributed by atoms with Crippen LogP contribution in [0.2, 0.25) is 0 Å². The zero-order chi connectivity index (χ0) is 45.8. The third kappa shape index (κ3) is 50.2. The zero-order valence-corrected chi connectivity index (χ0v) is 41.8. The van der Waals surface area contributed by atoms with Crippen LogP contribution < -0.4 is 0 Å². The molecule has 0 aliphatic heterocycles. The first-order chi connectivity index (χ1) is 31.0. The second-order valence-electron chi connectivity index (χ2n) is 18.2. The molecule has 0 aliphatic carbocycles. The smallest absolute Gasteiger partial charge is 0.306 e. The largest absolute Gasteiger partial charge is 0.462 e. The van der Waals surface area contributed by atoms with E-state index in [4.69, 9.17) is 14.2 Å². The van der Waals surface area contributed by atoms with Crippen LogP contribution >= 0.6 is 0 Å². The van der Waals surface area contributed by atoms with Crippen molar-refractivity contribution in [2.24, 2.45) is 0 Å². The Morgan fingerprint density at radius 3 is 0.921 bits per heavy atom. The Bertz CT molecular complexity index is 1110. The van der Waals surface area contributed by atoms with Gasteiger partial charge in [0.1, 0.15) is 13.2 Å². The van der Waals surface area contributed by atoms with E-state index < -0.39 is 6.10 Å². The van der Waals surface area contributed by atoms with Gasteiger partial charge in [-0.05, 0) is 96.3 Å². The average Bonchev–Trinajstić information content (AvgIpc) is 3.28. The first kappa shape index (κ1) is 60.4. The van der Waals surface area contributed by atoms with Gasteiger partial charge in [-0.3, -0.25) is 14.4 Å². The molecule has 0 N–H and O–H groups in total. The maximum Gasteiger partial charge on any atom is 0.306 e. The quantitative estimate of drug-likeness (QED) is 0.0199. The fourth-order valence-electron chi connectivity index (χ4n) is 7.66. The lowest BCUT2D eigenvalue weighted by Crippen LogP contribution is -2.30. The van der Waals surface area contributed by atoms with Crippen molar-refractivity contribution in [3.05, 3.63) is 48.6 Å². The van der Waals surface area contributed by atoms with Crippen LogP contribution in [0.25, 0.3) is 0 Å². The van der Waals surface area contributed by atoms with E-state index >= 15 is 0 Å². The molecule has 0 heterocycles. The molecule has 0 spiro atoms. The van der Waals surface area contributed by atoms with E-state index in [0.717, 1.165) is 83.5 Å². The van der Waals surface area contributed by atoms with E-state index in [1.807, 2.05) is 0 Å². The second-order valence-corrected chi connectivity index (χ2v) is 18.2.